The number of nitrogens with zero attached hydrogens (tertiary/aromatic N) is 2. The van der Waals surface area contributed by atoms with Crippen molar-refractivity contribution >= 4 is 0 Å². The number of benzene rings is 3. The molecule has 3 aromatic rings. The van der Waals surface area contributed by atoms with E-state index in [1.807, 2.05) is 12.1 Å². The normalized spacial score (nSPS) is 20.4. The van der Waals surface area contributed by atoms with Crippen LogP contribution >= 0.6 is 0 Å². The lowest BCUT2D eigenvalue weighted by Gasteiger charge is -2.37. The topological polar surface area (TPSA) is 61.9 Å². The molecule has 39 heavy (non-hydrogen) atoms. The monoisotopic (exact) mass is 532 g/mol. The van der Waals surface area contributed by atoms with E-state index >= 15 is 0 Å². The van der Waals surface area contributed by atoms with E-state index < -0.39 is 0 Å². The predicted octanol–water partition coefficient (Wildman–Crippen LogP) is 4.95. The molecule has 6 rings (SSSR count). The molecule has 0 unspecified atom stereocenters. The Kier molecular flexibility index (Phi) is 6.69. The van der Waals surface area contributed by atoms with Gasteiger partial charge in [0.1, 0.15) is 11.5 Å². The van der Waals surface area contributed by atoms with Crippen LogP contribution in [-0.2, 0) is 12.8 Å². The Labute approximate surface area is 229 Å². The molecule has 2 atom stereocenters. The standard InChI is InChI=1S/C31H36N2O6/c1-34-20-7-8-24(35-2)23(15-20)31-32-11-9-18-13-25(36-3)27(38-5)16-21(18)29(32)30-22-17-28(39-6)26(37-4)14-19(22)10-12-33(30)31/h7-8,13-17,29-31H,9-12H2,1-6H3/t29-,30-/m0/s1. The summed E-state index contributed by atoms with van der Waals surface area (Å²) in [7, 11) is 10.2. The Hall–Kier alpha value is -3.62. The van der Waals surface area contributed by atoms with Gasteiger partial charge in [0, 0.05) is 18.7 Å². The van der Waals surface area contributed by atoms with Crippen LogP contribution in [0.5, 0.6) is 34.5 Å². The summed E-state index contributed by atoms with van der Waals surface area (Å²) < 4.78 is 34.4. The second-order valence-electron chi connectivity index (χ2n) is 10.2. The van der Waals surface area contributed by atoms with Gasteiger partial charge >= 0.3 is 0 Å². The molecule has 0 radical (unpaired) electrons. The highest BCUT2D eigenvalue weighted by Crippen LogP contribution is 2.59. The van der Waals surface area contributed by atoms with E-state index in [-0.39, 0.29) is 18.2 Å². The first-order valence-electron chi connectivity index (χ1n) is 13.3. The van der Waals surface area contributed by atoms with Crippen molar-refractivity contribution in [3.8, 4) is 34.5 Å². The summed E-state index contributed by atoms with van der Waals surface area (Å²) in [5, 5.41) is 0. The zero-order chi connectivity index (χ0) is 27.3. The first kappa shape index (κ1) is 25.6. The lowest BCUT2D eigenvalue weighted by atomic mass is 9.82. The molecule has 1 fully saturated rings. The Bertz CT molecular complexity index is 1310. The first-order chi connectivity index (χ1) is 19.1. The summed E-state index contributed by atoms with van der Waals surface area (Å²) >= 11 is 0. The summed E-state index contributed by atoms with van der Waals surface area (Å²) in [6, 6.07) is 14.9. The van der Waals surface area contributed by atoms with Gasteiger partial charge in [0.25, 0.3) is 0 Å². The number of ether oxygens (including phenoxy) is 6. The molecule has 0 aliphatic carbocycles. The molecule has 0 spiro atoms. The van der Waals surface area contributed by atoms with Crippen LogP contribution in [0.3, 0.4) is 0 Å². The maximum absolute atomic E-state index is 5.91. The fraction of sp³-hybridized carbons (Fsp3) is 0.419. The molecular formula is C31H36N2O6. The van der Waals surface area contributed by atoms with Crippen LogP contribution in [0, 0.1) is 0 Å². The van der Waals surface area contributed by atoms with E-state index in [0.717, 1.165) is 66.0 Å². The minimum Gasteiger partial charge on any atom is -0.497 e. The minimum atomic E-state index is 0.00698. The highest BCUT2D eigenvalue weighted by molar-refractivity contribution is 5.55. The second kappa shape index (κ2) is 10.2. The van der Waals surface area contributed by atoms with Crippen molar-refractivity contribution in [2.45, 2.75) is 31.1 Å². The fourth-order valence-electron chi connectivity index (χ4n) is 6.83. The summed E-state index contributed by atoms with van der Waals surface area (Å²) in [4.78, 5) is 5.23. The molecule has 3 aliphatic heterocycles. The first-order valence-corrected chi connectivity index (χ1v) is 13.3. The van der Waals surface area contributed by atoms with E-state index in [1.165, 1.54) is 22.3 Å². The van der Waals surface area contributed by atoms with E-state index in [2.05, 4.69) is 40.1 Å². The third kappa shape index (κ3) is 3.96. The SMILES string of the molecule is COc1ccc(OC)c(C2N3CCc4cc(OC)c(OC)cc4[C@H]3[C@@H]3c4cc(OC)c(OC)cc4CCN23)c1. The molecule has 8 heteroatoms. The van der Waals surface area contributed by atoms with E-state index in [4.69, 9.17) is 28.4 Å². The van der Waals surface area contributed by atoms with Crippen molar-refractivity contribution in [2.24, 2.45) is 0 Å². The van der Waals surface area contributed by atoms with Gasteiger partial charge < -0.3 is 28.4 Å². The van der Waals surface area contributed by atoms with Crippen LogP contribution in [0.15, 0.2) is 42.5 Å². The summed E-state index contributed by atoms with van der Waals surface area (Å²) in [5.74, 6) is 4.70. The van der Waals surface area contributed by atoms with Crippen LogP contribution in [0.2, 0.25) is 0 Å². The van der Waals surface area contributed by atoms with Crippen LogP contribution in [0.1, 0.15) is 46.1 Å². The number of fused-ring (bicyclic) bond motifs is 7. The lowest BCUT2D eigenvalue weighted by molar-refractivity contribution is 0.105. The van der Waals surface area contributed by atoms with E-state index in [1.54, 1.807) is 42.7 Å². The van der Waals surface area contributed by atoms with Crippen molar-refractivity contribution in [2.75, 3.05) is 55.7 Å². The minimum absolute atomic E-state index is 0.00698. The molecule has 3 aliphatic rings. The van der Waals surface area contributed by atoms with Crippen molar-refractivity contribution in [1.29, 1.82) is 0 Å². The number of methoxy groups -OCH3 is 6. The summed E-state index contributed by atoms with van der Waals surface area (Å²) in [6.07, 6.45) is 1.83. The molecular weight excluding hydrogens is 496 g/mol. The highest BCUT2D eigenvalue weighted by Gasteiger charge is 2.53. The average Bonchev–Trinajstić information content (AvgIpc) is 3.33. The molecule has 0 saturated carbocycles. The van der Waals surface area contributed by atoms with Gasteiger partial charge in [-0.3, -0.25) is 9.80 Å². The fourth-order valence-corrected chi connectivity index (χ4v) is 6.83. The van der Waals surface area contributed by atoms with E-state index in [0.29, 0.717) is 0 Å². The smallest absolute Gasteiger partial charge is 0.161 e. The third-order valence-electron chi connectivity index (χ3n) is 8.56. The Balaban J connectivity index is 1.58. The van der Waals surface area contributed by atoms with Gasteiger partial charge in [-0.05, 0) is 77.6 Å². The number of hydrogen-bond donors (Lipinski definition) is 0. The Morgan fingerprint density at radius 3 is 1.41 bits per heavy atom. The zero-order valence-corrected chi connectivity index (χ0v) is 23.4. The second-order valence-corrected chi connectivity index (χ2v) is 10.2. The molecule has 0 N–H and O–H groups in total. The third-order valence-corrected chi connectivity index (χ3v) is 8.56. The van der Waals surface area contributed by atoms with Gasteiger partial charge in [-0.1, -0.05) is 0 Å². The molecule has 8 nitrogen and oxygen atoms in total. The van der Waals surface area contributed by atoms with E-state index in [9.17, 15) is 0 Å². The van der Waals surface area contributed by atoms with Crippen molar-refractivity contribution in [3.63, 3.8) is 0 Å². The molecule has 0 bridgehead atoms. The number of rotatable bonds is 7. The summed E-state index contributed by atoms with van der Waals surface area (Å²) in [5.41, 5.74) is 6.22. The van der Waals surface area contributed by atoms with Gasteiger partial charge in [-0.25, -0.2) is 0 Å². The van der Waals surface area contributed by atoms with Crippen LogP contribution in [-0.4, -0.2) is 65.5 Å². The zero-order valence-electron chi connectivity index (χ0n) is 23.4. The predicted molar refractivity (Wildman–Crippen MR) is 148 cm³/mol. The van der Waals surface area contributed by atoms with Gasteiger partial charge in [0.2, 0.25) is 0 Å². The van der Waals surface area contributed by atoms with Crippen LogP contribution < -0.4 is 28.4 Å². The van der Waals surface area contributed by atoms with Gasteiger partial charge in [-0.15, -0.1) is 0 Å². The maximum Gasteiger partial charge on any atom is 0.161 e. The molecule has 1 saturated heterocycles. The van der Waals surface area contributed by atoms with Crippen molar-refractivity contribution in [1.82, 2.24) is 9.80 Å². The Morgan fingerprint density at radius 2 is 0.974 bits per heavy atom. The number of hydrogen-bond acceptors (Lipinski definition) is 8. The van der Waals surface area contributed by atoms with Gasteiger partial charge in [-0.2, -0.15) is 0 Å². The molecule has 0 aromatic heterocycles. The van der Waals surface area contributed by atoms with Crippen molar-refractivity contribution < 1.29 is 28.4 Å². The van der Waals surface area contributed by atoms with Crippen LogP contribution in [0.25, 0.3) is 0 Å². The average molecular weight is 533 g/mol. The molecule has 206 valence electrons. The summed E-state index contributed by atoms with van der Waals surface area (Å²) in [6.45, 7) is 1.79. The molecule has 3 aromatic carbocycles. The quantitative estimate of drug-likeness (QED) is 0.424. The van der Waals surface area contributed by atoms with Gasteiger partial charge in [0.05, 0.1) is 60.9 Å². The lowest BCUT2D eigenvalue weighted by Crippen LogP contribution is -2.36. The largest absolute Gasteiger partial charge is 0.497 e. The molecule has 0 amide bonds. The Morgan fingerprint density at radius 1 is 0.513 bits per heavy atom. The molecule has 3 heterocycles. The maximum atomic E-state index is 5.91. The van der Waals surface area contributed by atoms with Crippen LogP contribution in [0.4, 0.5) is 0 Å². The highest BCUT2D eigenvalue weighted by atomic mass is 16.5. The van der Waals surface area contributed by atoms with Crippen molar-refractivity contribution in [3.05, 3.63) is 70.3 Å². The van der Waals surface area contributed by atoms with Gasteiger partial charge in [0.15, 0.2) is 23.0 Å².